The Morgan fingerprint density at radius 3 is 2.59 bits per heavy atom. The van der Waals surface area contributed by atoms with Gasteiger partial charge in [-0.05, 0) is 62.6 Å². The topological polar surface area (TPSA) is 98.0 Å². The molecule has 0 saturated carbocycles. The fourth-order valence-electron chi connectivity index (χ4n) is 5.18. The van der Waals surface area contributed by atoms with Crippen LogP contribution in [0.2, 0.25) is 0 Å². The van der Waals surface area contributed by atoms with E-state index in [9.17, 15) is 0 Å². The second-order valence-electron chi connectivity index (χ2n) is 10.9. The summed E-state index contributed by atoms with van der Waals surface area (Å²) in [6.45, 7) is 12.0. The quantitative estimate of drug-likeness (QED) is 0.0836. The highest BCUT2D eigenvalue weighted by Crippen LogP contribution is 2.30. The number of amidine groups is 1. The number of allylic oxidation sites excluding steroid dienone is 3. The van der Waals surface area contributed by atoms with Crippen molar-refractivity contribution in [3.8, 4) is 0 Å². The molecule has 6 nitrogen and oxygen atoms in total. The van der Waals surface area contributed by atoms with E-state index in [2.05, 4.69) is 68.1 Å². The van der Waals surface area contributed by atoms with Gasteiger partial charge in [0.25, 0.3) is 0 Å². The molecule has 0 fully saturated rings. The lowest BCUT2D eigenvalue weighted by Crippen LogP contribution is -2.40. The fourth-order valence-corrected chi connectivity index (χ4v) is 5.18. The molecule has 1 aliphatic rings. The first-order chi connectivity index (χ1) is 17.7. The normalized spacial score (nSPS) is 23.3. The Bertz CT molecular complexity index is 782. The molecule has 0 aromatic carbocycles. The third kappa shape index (κ3) is 14.1. The van der Waals surface area contributed by atoms with Crippen molar-refractivity contribution in [3.05, 3.63) is 34.9 Å². The molecule has 37 heavy (non-hydrogen) atoms. The van der Waals surface area contributed by atoms with Crippen molar-refractivity contribution >= 4 is 12.1 Å². The molecule has 0 heterocycles. The molecular formula is C31H57N5O. The minimum atomic E-state index is -0.491. The maximum Gasteiger partial charge on any atom is 0.161 e. The summed E-state index contributed by atoms with van der Waals surface area (Å²) in [5.41, 5.74) is 15.9. The zero-order valence-electron chi connectivity index (χ0n) is 24.9. The van der Waals surface area contributed by atoms with Crippen LogP contribution < -0.4 is 16.8 Å². The molecule has 0 amide bonds. The van der Waals surface area contributed by atoms with E-state index in [0.29, 0.717) is 12.4 Å². The SMILES string of the molecule is CCCCCCC(C)CC(CC)CC/C1=C/C=C(/[C@@H](C)C/N=C(N)\C=N/C)C(C)=CC(OC(N)NC)C1. The van der Waals surface area contributed by atoms with Crippen molar-refractivity contribution in [2.24, 2.45) is 39.2 Å². The first kappa shape index (κ1) is 33.3. The summed E-state index contributed by atoms with van der Waals surface area (Å²) in [5.74, 6) is 2.27. The summed E-state index contributed by atoms with van der Waals surface area (Å²) in [7, 11) is 3.53. The number of rotatable bonds is 18. The number of nitrogens with zero attached hydrogens (tertiary/aromatic N) is 2. The lowest BCUT2D eigenvalue weighted by atomic mass is 9.84. The maximum atomic E-state index is 6.15. The minimum Gasteiger partial charge on any atom is -0.383 e. The molecule has 0 spiro atoms. The molecule has 5 atom stereocenters. The zero-order chi connectivity index (χ0) is 27.6. The molecule has 6 heteroatoms. The van der Waals surface area contributed by atoms with Gasteiger partial charge in [0.15, 0.2) is 6.35 Å². The van der Waals surface area contributed by atoms with Crippen LogP contribution in [0.5, 0.6) is 0 Å². The molecule has 1 aliphatic carbocycles. The molecule has 4 unspecified atom stereocenters. The number of ether oxygens (including phenoxy) is 1. The monoisotopic (exact) mass is 515 g/mol. The van der Waals surface area contributed by atoms with E-state index >= 15 is 0 Å². The molecular weight excluding hydrogens is 458 g/mol. The van der Waals surface area contributed by atoms with Crippen LogP contribution in [0.4, 0.5) is 0 Å². The van der Waals surface area contributed by atoms with Gasteiger partial charge in [0.2, 0.25) is 0 Å². The number of nitrogens with two attached hydrogens (primary N) is 2. The van der Waals surface area contributed by atoms with E-state index in [-0.39, 0.29) is 12.0 Å². The molecule has 0 radical (unpaired) electrons. The van der Waals surface area contributed by atoms with Gasteiger partial charge in [0.05, 0.1) is 12.3 Å². The predicted molar refractivity (Wildman–Crippen MR) is 162 cm³/mol. The van der Waals surface area contributed by atoms with Crippen LogP contribution in [-0.4, -0.2) is 45.1 Å². The van der Waals surface area contributed by atoms with Crippen molar-refractivity contribution in [2.75, 3.05) is 20.6 Å². The molecule has 0 bridgehead atoms. The zero-order valence-corrected chi connectivity index (χ0v) is 24.9. The Kier molecular flexibility index (Phi) is 17.4. The van der Waals surface area contributed by atoms with E-state index in [0.717, 1.165) is 24.7 Å². The Balaban J connectivity index is 2.98. The average Bonchev–Trinajstić information content (AvgIpc) is 2.86. The highest BCUT2D eigenvalue weighted by molar-refractivity contribution is 6.28. The van der Waals surface area contributed by atoms with Crippen LogP contribution in [-0.2, 0) is 4.74 Å². The Morgan fingerprint density at radius 2 is 1.95 bits per heavy atom. The molecule has 0 saturated heterocycles. The lowest BCUT2D eigenvalue weighted by molar-refractivity contribution is 0.00124. The van der Waals surface area contributed by atoms with Gasteiger partial charge in [-0.25, -0.2) is 0 Å². The number of unbranched alkanes of at least 4 members (excludes halogenated alkanes) is 3. The first-order valence-electron chi connectivity index (χ1n) is 14.6. The predicted octanol–water partition coefficient (Wildman–Crippen LogP) is 6.53. The minimum absolute atomic E-state index is 0.0667. The van der Waals surface area contributed by atoms with E-state index in [1.807, 2.05) is 7.05 Å². The van der Waals surface area contributed by atoms with Gasteiger partial charge in [-0.2, -0.15) is 0 Å². The first-order valence-corrected chi connectivity index (χ1v) is 14.6. The van der Waals surface area contributed by atoms with Crippen molar-refractivity contribution in [3.63, 3.8) is 0 Å². The number of hydrogen-bond donors (Lipinski definition) is 3. The van der Waals surface area contributed by atoms with E-state index in [4.69, 9.17) is 16.2 Å². The van der Waals surface area contributed by atoms with Gasteiger partial charge < -0.3 is 10.5 Å². The Labute approximate surface area is 228 Å². The van der Waals surface area contributed by atoms with Gasteiger partial charge in [0, 0.05) is 19.5 Å². The fraction of sp³-hybridized carbons (Fsp3) is 0.742. The van der Waals surface area contributed by atoms with Crippen LogP contribution in [0.25, 0.3) is 0 Å². The van der Waals surface area contributed by atoms with Crippen LogP contribution in [0, 0.1) is 17.8 Å². The van der Waals surface area contributed by atoms with E-state index in [1.165, 1.54) is 68.1 Å². The van der Waals surface area contributed by atoms with Crippen molar-refractivity contribution in [1.82, 2.24) is 5.32 Å². The van der Waals surface area contributed by atoms with Gasteiger partial charge in [-0.3, -0.25) is 21.0 Å². The lowest BCUT2D eigenvalue weighted by Gasteiger charge is -2.26. The summed E-state index contributed by atoms with van der Waals surface area (Å²) >= 11 is 0. The summed E-state index contributed by atoms with van der Waals surface area (Å²) in [6.07, 6.45) is 20.4. The summed E-state index contributed by atoms with van der Waals surface area (Å²) in [5, 5.41) is 3.01. The molecule has 5 N–H and O–H groups in total. The molecule has 212 valence electrons. The number of aliphatic imine (C=N–C) groups is 2. The van der Waals surface area contributed by atoms with Crippen LogP contribution in [0.1, 0.15) is 98.8 Å². The summed E-state index contributed by atoms with van der Waals surface area (Å²) in [6, 6.07) is 0. The highest BCUT2D eigenvalue weighted by Gasteiger charge is 2.20. The third-order valence-corrected chi connectivity index (χ3v) is 7.54. The van der Waals surface area contributed by atoms with Crippen molar-refractivity contribution in [2.45, 2.75) is 111 Å². The van der Waals surface area contributed by atoms with Gasteiger partial charge >= 0.3 is 0 Å². The second-order valence-corrected chi connectivity index (χ2v) is 10.9. The maximum absolute atomic E-state index is 6.15. The third-order valence-electron chi connectivity index (χ3n) is 7.54. The van der Waals surface area contributed by atoms with Crippen LogP contribution in [0.3, 0.4) is 0 Å². The van der Waals surface area contributed by atoms with Crippen LogP contribution in [0.15, 0.2) is 44.9 Å². The number of hydrogen-bond acceptors (Lipinski definition) is 5. The summed E-state index contributed by atoms with van der Waals surface area (Å²) in [4.78, 5) is 8.46. The largest absolute Gasteiger partial charge is 0.383 e. The van der Waals surface area contributed by atoms with Gasteiger partial charge in [-0.15, -0.1) is 0 Å². The molecule has 0 aromatic heterocycles. The van der Waals surface area contributed by atoms with E-state index < -0.39 is 6.35 Å². The second kappa shape index (κ2) is 19.3. The van der Waals surface area contributed by atoms with Crippen molar-refractivity contribution < 1.29 is 4.74 Å². The average molecular weight is 516 g/mol. The highest BCUT2D eigenvalue weighted by atomic mass is 16.5. The molecule has 0 aromatic rings. The summed E-state index contributed by atoms with van der Waals surface area (Å²) < 4.78 is 6.15. The Hall–Kier alpha value is -1.76. The van der Waals surface area contributed by atoms with E-state index in [1.54, 1.807) is 13.3 Å². The standard InChI is InChI=1S/C31H57N5O/c1-8-10-11-12-13-23(3)18-26(9-2)14-15-27-16-17-29(25(5)21-36-30(32)22-34-6)24(4)19-28(20-27)37-31(33)35-7/h16-17,19,22-23,25-26,28,31,35H,8-15,18,20-21,33H2,1-7H3,(H2,32,36)/b24-19?,27-16-,29-17+,34-22-/t23?,25-,26?,28?,31?/m0/s1. The van der Waals surface area contributed by atoms with Crippen LogP contribution >= 0.6 is 0 Å². The Morgan fingerprint density at radius 1 is 1.19 bits per heavy atom. The van der Waals surface area contributed by atoms with Crippen molar-refractivity contribution in [1.29, 1.82) is 0 Å². The smallest absolute Gasteiger partial charge is 0.161 e. The van der Waals surface area contributed by atoms with Gasteiger partial charge in [0.1, 0.15) is 5.84 Å². The van der Waals surface area contributed by atoms with Gasteiger partial charge in [-0.1, -0.05) is 90.0 Å². The molecule has 0 aliphatic heterocycles. The molecule has 1 rings (SSSR count). The number of nitrogens with one attached hydrogen (secondary N) is 1.